The first-order chi connectivity index (χ1) is 12.6. The van der Waals surface area contributed by atoms with Crippen molar-refractivity contribution < 1.29 is 14.1 Å². The summed E-state index contributed by atoms with van der Waals surface area (Å²) in [7, 11) is 0. The second-order valence-electron chi connectivity index (χ2n) is 8.04. The Morgan fingerprint density at radius 2 is 2.08 bits per heavy atom. The largest absolute Gasteiger partial charge is 0.365 e. The van der Waals surface area contributed by atoms with E-state index >= 15 is 0 Å². The lowest BCUT2D eigenvalue weighted by molar-refractivity contribution is -0.148. The zero-order chi connectivity index (χ0) is 17.7. The van der Waals surface area contributed by atoms with Crippen molar-refractivity contribution in [3.63, 3.8) is 0 Å². The van der Waals surface area contributed by atoms with E-state index in [1.807, 2.05) is 23.1 Å². The molecule has 6 heteroatoms. The maximum atomic E-state index is 12.7. The van der Waals surface area contributed by atoms with E-state index in [2.05, 4.69) is 29.2 Å². The van der Waals surface area contributed by atoms with Crippen LogP contribution in [0.4, 0.5) is 0 Å². The van der Waals surface area contributed by atoms with Crippen molar-refractivity contribution in [1.29, 1.82) is 0 Å². The van der Waals surface area contributed by atoms with Crippen LogP contribution in [0.15, 0.2) is 34.9 Å². The lowest BCUT2D eigenvalue weighted by Crippen LogP contribution is -2.55. The van der Waals surface area contributed by atoms with E-state index in [0.717, 1.165) is 25.1 Å². The summed E-state index contributed by atoms with van der Waals surface area (Å²) in [5, 5.41) is 3.99. The molecule has 1 aromatic heterocycles. The summed E-state index contributed by atoms with van der Waals surface area (Å²) in [4.78, 5) is 19.0. The van der Waals surface area contributed by atoms with Crippen LogP contribution in [0.1, 0.15) is 49.4 Å². The Bertz CT molecular complexity index is 811. The van der Waals surface area contributed by atoms with Gasteiger partial charge in [0.1, 0.15) is 6.61 Å². The Hall–Kier alpha value is -2.21. The Morgan fingerprint density at radius 3 is 2.81 bits per heavy atom. The van der Waals surface area contributed by atoms with E-state index in [9.17, 15) is 4.79 Å². The molecule has 3 aliphatic rings. The number of nitrogens with zero attached hydrogens (tertiary/aromatic N) is 3. The second kappa shape index (κ2) is 5.91. The van der Waals surface area contributed by atoms with Crippen LogP contribution in [0.2, 0.25) is 0 Å². The number of aromatic nitrogens is 2. The molecule has 26 heavy (non-hydrogen) atoms. The summed E-state index contributed by atoms with van der Waals surface area (Å²) < 4.78 is 11.0. The smallest absolute Gasteiger partial charge is 0.252 e. The first-order valence-electron chi connectivity index (χ1n) is 9.42. The Labute approximate surface area is 152 Å². The molecule has 2 atom stereocenters. The zero-order valence-electron chi connectivity index (χ0n) is 14.9. The fourth-order valence-electron chi connectivity index (χ4n) is 3.83. The third-order valence-electron chi connectivity index (χ3n) is 6.00. The average Bonchev–Trinajstić information content (AvgIpc) is 3.53. The molecule has 2 aromatic rings. The van der Waals surface area contributed by atoms with E-state index in [-0.39, 0.29) is 23.3 Å². The minimum atomic E-state index is -0.00669. The van der Waals surface area contributed by atoms with Gasteiger partial charge in [0.15, 0.2) is 5.82 Å². The lowest BCUT2D eigenvalue weighted by Gasteiger charge is -2.39. The van der Waals surface area contributed by atoms with Gasteiger partial charge in [-0.25, -0.2) is 0 Å². The van der Waals surface area contributed by atoms with E-state index in [1.54, 1.807) is 0 Å². The topological polar surface area (TPSA) is 68.5 Å². The van der Waals surface area contributed by atoms with Crippen molar-refractivity contribution in [3.8, 4) is 0 Å². The van der Waals surface area contributed by atoms with Crippen LogP contribution >= 0.6 is 0 Å². The number of likely N-dealkylation sites (tertiary alicyclic amines) is 1. The van der Waals surface area contributed by atoms with Gasteiger partial charge in [-0.05, 0) is 24.8 Å². The van der Waals surface area contributed by atoms with Gasteiger partial charge in [-0.15, -0.1) is 0 Å². The van der Waals surface area contributed by atoms with E-state index in [0.29, 0.717) is 31.5 Å². The van der Waals surface area contributed by atoms with Crippen molar-refractivity contribution in [3.05, 3.63) is 47.6 Å². The SMILES string of the molecule is C[C@]1(c2ccccc2)C[C@@H]1C(=O)N1CC(OCc2nc(C3CC3)no2)C1. The van der Waals surface area contributed by atoms with Crippen molar-refractivity contribution >= 4 is 5.91 Å². The molecule has 0 spiro atoms. The average molecular weight is 353 g/mol. The zero-order valence-corrected chi connectivity index (χ0v) is 14.9. The normalized spacial score (nSPS) is 28.0. The summed E-state index contributed by atoms with van der Waals surface area (Å²) in [6.07, 6.45) is 3.31. The fourth-order valence-corrected chi connectivity index (χ4v) is 3.83. The molecular weight excluding hydrogens is 330 g/mol. The van der Waals surface area contributed by atoms with Crippen molar-refractivity contribution in [2.75, 3.05) is 13.1 Å². The molecule has 0 unspecified atom stereocenters. The number of rotatable bonds is 6. The van der Waals surface area contributed by atoms with Crippen LogP contribution < -0.4 is 0 Å². The first kappa shape index (κ1) is 16.0. The van der Waals surface area contributed by atoms with Crippen molar-refractivity contribution in [2.24, 2.45) is 5.92 Å². The van der Waals surface area contributed by atoms with Crippen LogP contribution in [0, 0.1) is 5.92 Å². The minimum Gasteiger partial charge on any atom is -0.365 e. The van der Waals surface area contributed by atoms with Gasteiger partial charge in [0.2, 0.25) is 5.91 Å². The van der Waals surface area contributed by atoms with Gasteiger partial charge in [-0.1, -0.05) is 42.4 Å². The molecule has 6 nitrogen and oxygen atoms in total. The van der Waals surface area contributed by atoms with Crippen LogP contribution in [-0.4, -0.2) is 40.1 Å². The fraction of sp³-hybridized carbons (Fsp3) is 0.550. The molecule has 2 saturated carbocycles. The van der Waals surface area contributed by atoms with Gasteiger partial charge >= 0.3 is 0 Å². The predicted molar refractivity (Wildman–Crippen MR) is 93.3 cm³/mol. The summed E-state index contributed by atoms with van der Waals surface area (Å²) in [5.41, 5.74) is 1.25. The summed E-state index contributed by atoms with van der Waals surface area (Å²) >= 11 is 0. The van der Waals surface area contributed by atoms with Gasteiger partial charge in [0.25, 0.3) is 5.89 Å². The summed E-state index contributed by atoms with van der Waals surface area (Å²) in [6, 6.07) is 10.3. The van der Waals surface area contributed by atoms with Crippen LogP contribution in [0.5, 0.6) is 0 Å². The third kappa shape index (κ3) is 2.82. The van der Waals surface area contributed by atoms with Gasteiger partial charge in [0, 0.05) is 30.3 Å². The Kier molecular flexibility index (Phi) is 3.64. The second-order valence-corrected chi connectivity index (χ2v) is 8.04. The highest BCUT2D eigenvalue weighted by Crippen LogP contribution is 2.55. The number of carbonyl (C=O) groups is 1. The maximum Gasteiger partial charge on any atom is 0.252 e. The molecule has 0 radical (unpaired) electrons. The van der Waals surface area contributed by atoms with Gasteiger partial charge < -0.3 is 14.2 Å². The summed E-state index contributed by atoms with van der Waals surface area (Å²) in [6.45, 7) is 3.83. The minimum absolute atomic E-state index is 0.00669. The quantitative estimate of drug-likeness (QED) is 0.799. The predicted octanol–water partition coefficient (Wildman–Crippen LogP) is 2.65. The number of hydrogen-bond acceptors (Lipinski definition) is 5. The standard InChI is InChI=1S/C20H23N3O3/c1-20(14-5-3-2-4-6-14)9-16(20)19(24)23-10-15(11-23)25-12-17-21-18(22-26-17)13-7-8-13/h2-6,13,15-16H,7-12H2,1H3/t16-,20-/m1/s1. The van der Waals surface area contributed by atoms with Crippen molar-refractivity contribution in [1.82, 2.24) is 15.0 Å². The lowest BCUT2D eigenvalue weighted by atomic mass is 9.94. The molecule has 0 N–H and O–H groups in total. The summed E-state index contributed by atoms with van der Waals surface area (Å²) in [5.74, 6) is 2.19. The highest BCUT2D eigenvalue weighted by Gasteiger charge is 2.57. The van der Waals surface area contributed by atoms with Gasteiger partial charge in [-0.3, -0.25) is 4.79 Å². The molecule has 1 aromatic carbocycles. The number of benzene rings is 1. The molecule has 1 saturated heterocycles. The molecule has 3 fully saturated rings. The molecule has 2 heterocycles. The number of ether oxygens (including phenoxy) is 1. The highest BCUT2D eigenvalue weighted by atomic mass is 16.5. The van der Waals surface area contributed by atoms with Gasteiger partial charge in [-0.2, -0.15) is 4.98 Å². The molecule has 0 bridgehead atoms. The third-order valence-corrected chi connectivity index (χ3v) is 6.00. The van der Waals surface area contributed by atoms with E-state index in [1.165, 1.54) is 5.56 Å². The molecule has 1 aliphatic heterocycles. The van der Waals surface area contributed by atoms with E-state index in [4.69, 9.17) is 9.26 Å². The molecule has 136 valence electrons. The Morgan fingerprint density at radius 1 is 1.31 bits per heavy atom. The van der Waals surface area contributed by atoms with Crippen LogP contribution in [0.25, 0.3) is 0 Å². The molecule has 5 rings (SSSR count). The molecule has 1 amide bonds. The first-order valence-corrected chi connectivity index (χ1v) is 9.42. The monoisotopic (exact) mass is 353 g/mol. The van der Waals surface area contributed by atoms with Crippen LogP contribution in [-0.2, 0) is 21.6 Å². The number of hydrogen-bond donors (Lipinski definition) is 0. The number of carbonyl (C=O) groups excluding carboxylic acids is 1. The molecular formula is C20H23N3O3. The van der Waals surface area contributed by atoms with E-state index < -0.39 is 0 Å². The number of amides is 1. The van der Waals surface area contributed by atoms with Crippen molar-refractivity contribution in [2.45, 2.75) is 50.2 Å². The van der Waals surface area contributed by atoms with Crippen LogP contribution in [0.3, 0.4) is 0 Å². The highest BCUT2D eigenvalue weighted by molar-refractivity contribution is 5.85. The molecule has 2 aliphatic carbocycles. The maximum absolute atomic E-state index is 12.7. The Balaban J connectivity index is 1.10. The van der Waals surface area contributed by atoms with Gasteiger partial charge in [0.05, 0.1) is 6.10 Å².